The molecule has 0 aliphatic rings. The molecule has 0 spiro atoms. The van der Waals surface area contributed by atoms with Crippen molar-refractivity contribution in [2.24, 2.45) is 0 Å². The van der Waals surface area contributed by atoms with Gasteiger partial charge in [-0.15, -0.1) is 0 Å². The van der Waals surface area contributed by atoms with Gasteiger partial charge in [0.1, 0.15) is -0.0619 Å². The summed E-state index contributed by atoms with van der Waals surface area (Å²) in [5.74, 6) is 0. The van der Waals surface area contributed by atoms with E-state index in [0.717, 1.165) is -0.0619 Å². The molecule has 0 heterocycles. The molecule has 0 unspecified atom stereocenters. The van der Waals surface area contributed by atoms with Crippen LogP contribution in [0.4, 0.5) is 0 Å². The molecule has 70 valence electrons. The zero-order valence-electron chi connectivity index (χ0n) is 7.28. The van der Waals surface area contributed by atoms with Gasteiger partial charge in [0.2, 0.25) is 0 Å². The molecule has 0 aliphatic heterocycles. The molecule has 0 radical (unpaired) electrons. The first kappa shape index (κ1) is 15.6. The van der Waals surface area contributed by atoms with E-state index in [0.29, 0.717) is 0 Å². The summed E-state index contributed by atoms with van der Waals surface area (Å²) in [6.45, 7) is 10.1. The van der Waals surface area contributed by atoms with Crippen molar-refractivity contribution in [1.29, 1.82) is 0 Å². The Hall–Kier alpha value is 2.15. The van der Waals surface area contributed by atoms with Crippen molar-refractivity contribution in [3.63, 3.8) is 0 Å². The van der Waals surface area contributed by atoms with Crippen LogP contribution in [0.2, 0.25) is 0 Å². The Morgan fingerprint density at radius 2 is 1.09 bits per heavy atom. The smallest absolute Gasteiger partial charge is 0.114 e. The van der Waals surface area contributed by atoms with E-state index in [2.05, 4.69) is 93.4 Å². The Morgan fingerprint density at radius 3 is 1.09 bits per heavy atom. The molecule has 0 aromatic heterocycles. The van der Waals surface area contributed by atoms with Crippen molar-refractivity contribution >= 4 is 67.8 Å². The Kier molecular flexibility index (Phi) is 17.2. The number of alkyl halides is 3. The Balaban J connectivity index is 0. The molecule has 0 aromatic carbocycles. The summed E-state index contributed by atoms with van der Waals surface area (Å²) >= 11 is 6.95. The van der Waals surface area contributed by atoms with Crippen LogP contribution in [-0.2, 0) is 0 Å². The third kappa shape index (κ3) is 18.8. The summed E-state index contributed by atoms with van der Waals surface area (Å²) < 4.78 is 0.743. The first-order valence-electron chi connectivity index (χ1n) is 3.72. The van der Waals surface area contributed by atoms with E-state index in [1.54, 1.807) is 0 Å². The molecule has 4 heteroatoms. The maximum absolute atomic E-state index is 2.38. The zero-order valence-corrected chi connectivity index (χ0v) is 13.8. The number of hydrogen-bond acceptors (Lipinski definition) is 1. The first-order valence-corrected chi connectivity index (χ1v) is 7.46. The minimum atomic E-state index is 0.743. The molecule has 0 saturated heterocycles. The number of hydrogen-bond donors (Lipinski definition) is 0. The second kappa shape index (κ2) is 12.2. The maximum atomic E-state index is 2.38. The fourth-order valence-corrected chi connectivity index (χ4v) is 0.671. The van der Waals surface area contributed by atoms with Crippen LogP contribution in [0.1, 0.15) is 20.8 Å². The van der Waals surface area contributed by atoms with Crippen LogP contribution in [0, 0.1) is 0 Å². The van der Waals surface area contributed by atoms with Gasteiger partial charge in [-0.1, -0.05) is 88.5 Å². The molecule has 0 bridgehead atoms. The third-order valence-corrected chi connectivity index (χ3v) is 1.34. The van der Waals surface area contributed by atoms with Gasteiger partial charge in [-0.3, -0.25) is 0 Å². The molecule has 0 fully saturated rings. The lowest BCUT2D eigenvalue weighted by molar-refractivity contribution is 0.321. The lowest BCUT2D eigenvalue weighted by Gasteiger charge is -2.13. The predicted molar refractivity (Wildman–Crippen MR) is 79.3 cm³/mol. The summed E-state index contributed by atoms with van der Waals surface area (Å²) in [4.78, 5) is 2.38. The molecular formula is C7H16I3N. The van der Waals surface area contributed by atoms with Crippen molar-refractivity contribution < 1.29 is 0 Å². The van der Waals surface area contributed by atoms with Gasteiger partial charge in [-0.25, -0.2) is 0 Å². The van der Waals surface area contributed by atoms with Crippen molar-refractivity contribution in [1.82, 2.24) is 4.90 Å². The normalized spacial score (nSPS) is 9.82. The summed E-state index contributed by atoms with van der Waals surface area (Å²) in [7, 11) is 0. The fraction of sp³-hybridized carbons (Fsp3) is 1.00. The lowest BCUT2D eigenvalue weighted by Crippen LogP contribution is -2.21. The van der Waals surface area contributed by atoms with E-state index < -0.39 is 0 Å². The van der Waals surface area contributed by atoms with Crippen LogP contribution in [-0.4, -0.2) is 24.5 Å². The van der Waals surface area contributed by atoms with E-state index in [-0.39, 0.29) is 0 Å². The Bertz CT molecular complexity index is 56.4. The van der Waals surface area contributed by atoms with E-state index in [4.69, 9.17) is 0 Å². The summed E-state index contributed by atoms with van der Waals surface area (Å²) in [6.07, 6.45) is 0. The van der Waals surface area contributed by atoms with Crippen LogP contribution in [0.3, 0.4) is 0 Å². The predicted octanol–water partition coefficient (Wildman–Crippen LogP) is 3.92. The molecule has 0 aromatic rings. The zero-order chi connectivity index (χ0) is 9.28. The van der Waals surface area contributed by atoms with Gasteiger partial charge in [0.25, 0.3) is 0 Å². The SMILES string of the molecule is CCN(CC)CC.IC(I)I. The quantitative estimate of drug-likeness (QED) is 0.425. The second-order valence-corrected chi connectivity index (χ2v) is 12.8. The third-order valence-electron chi connectivity index (χ3n) is 1.34. The van der Waals surface area contributed by atoms with Crippen LogP contribution in [0.15, 0.2) is 0 Å². The minimum absolute atomic E-state index is 0.743. The highest BCUT2D eigenvalue weighted by molar-refractivity contribution is 14.3. The van der Waals surface area contributed by atoms with E-state index in [1.165, 1.54) is 19.6 Å². The number of nitrogens with zero attached hydrogens (tertiary/aromatic N) is 1. The van der Waals surface area contributed by atoms with Crippen molar-refractivity contribution in [2.45, 2.75) is 20.7 Å². The average Bonchev–Trinajstić information content (AvgIpc) is 1.90. The molecule has 0 rings (SSSR count). The summed E-state index contributed by atoms with van der Waals surface area (Å²) in [6, 6.07) is 0. The van der Waals surface area contributed by atoms with Gasteiger partial charge in [0.15, 0.2) is 0 Å². The molecule has 11 heavy (non-hydrogen) atoms. The molecular weight excluding hydrogens is 479 g/mol. The monoisotopic (exact) mass is 495 g/mol. The van der Waals surface area contributed by atoms with Crippen LogP contribution < -0.4 is 0 Å². The van der Waals surface area contributed by atoms with Crippen molar-refractivity contribution in [2.75, 3.05) is 19.6 Å². The molecule has 0 atom stereocenters. The van der Waals surface area contributed by atoms with Gasteiger partial charge in [-0.05, 0) is 19.6 Å². The largest absolute Gasteiger partial charge is 0.304 e. The maximum Gasteiger partial charge on any atom is 0.114 e. The Morgan fingerprint density at radius 1 is 0.909 bits per heavy atom. The average molecular weight is 495 g/mol. The number of rotatable bonds is 3. The topological polar surface area (TPSA) is 3.24 Å². The minimum Gasteiger partial charge on any atom is -0.304 e. The molecule has 0 amide bonds. The van der Waals surface area contributed by atoms with E-state index >= 15 is 0 Å². The van der Waals surface area contributed by atoms with Crippen molar-refractivity contribution in [3.05, 3.63) is 0 Å². The molecule has 0 N–H and O–H groups in total. The Labute approximate surface area is 111 Å². The van der Waals surface area contributed by atoms with Gasteiger partial charge in [0.05, 0.1) is 0 Å². The molecule has 0 saturated carbocycles. The highest BCUT2D eigenvalue weighted by Crippen LogP contribution is 2.16. The molecule has 0 aliphatic carbocycles. The molecule has 1 nitrogen and oxygen atoms in total. The van der Waals surface area contributed by atoms with Crippen LogP contribution in [0.5, 0.6) is 0 Å². The standard InChI is InChI=1S/C6H15N.CHI3/c1-4-7(5-2)6-3;2-1(3)4/h4-6H2,1-3H3;1H. The highest BCUT2D eigenvalue weighted by Gasteiger charge is 1.89. The highest BCUT2D eigenvalue weighted by atomic mass is 127. The van der Waals surface area contributed by atoms with E-state index in [1.807, 2.05) is 0 Å². The second-order valence-electron chi connectivity index (χ2n) is 1.87. The first-order chi connectivity index (χ1) is 5.08. The lowest BCUT2D eigenvalue weighted by atomic mass is 10.5. The van der Waals surface area contributed by atoms with E-state index in [9.17, 15) is 0 Å². The van der Waals surface area contributed by atoms with Crippen LogP contribution >= 0.6 is 67.8 Å². The van der Waals surface area contributed by atoms with Crippen molar-refractivity contribution in [3.8, 4) is 0 Å². The fourth-order valence-electron chi connectivity index (χ4n) is 0.671. The van der Waals surface area contributed by atoms with Gasteiger partial charge >= 0.3 is 0 Å². The van der Waals surface area contributed by atoms with Gasteiger partial charge < -0.3 is 4.90 Å². The number of halogens is 3. The summed E-state index contributed by atoms with van der Waals surface area (Å²) in [5, 5.41) is 0. The summed E-state index contributed by atoms with van der Waals surface area (Å²) in [5.41, 5.74) is 0. The van der Waals surface area contributed by atoms with Gasteiger partial charge in [-0.2, -0.15) is 0 Å². The van der Waals surface area contributed by atoms with Crippen LogP contribution in [0.25, 0.3) is 0 Å². The van der Waals surface area contributed by atoms with Gasteiger partial charge in [0, 0.05) is 0 Å².